The number of ether oxygens (including phenoxy) is 1. The van der Waals surface area contributed by atoms with Crippen molar-refractivity contribution in [2.24, 2.45) is 0 Å². The summed E-state index contributed by atoms with van der Waals surface area (Å²) in [4.78, 5) is 20.5. The number of anilines is 1. The molecular formula is C21H21N3O2S. The predicted molar refractivity (Wildman–Crippen MR) is 108 cm³/mol. The zero-order valence-corrected chi connectivity index (χ0v) is 16.3. The molecule has 1 aromatic carbocycles. The van der Waals surface area contributed by atoms with Gasteiger partial charge in [-0.3, -0.25) is 4.98 Å². The van der Waals surface area contributed by atoms with Crippen molar-refractivity contribution in [2.75, 3.05) is 17.9 Å². The molecule has 2 aliphatic rings. The first-order valence-corrected chi connectivity index (χ1v) is 9.76. The maximum absolute atomic E-state index is 12.7. The van der Waals surface area contributed by atoms with Crippen LogP contribution in [0.3, 0.4) is 0 Å². The van der Waals surface area contributed by atoms with Crippen LogP contribution < -0.4 is 10.2 Å². The number of benzene rings is 1. The Morgan fingerprint density at radius 2 is 2.04 bits per heavy atom. The van der Waals surface area contributed by atoms with Crippen molar-refractivity contribution in [1.82, 2.24) is 10.3 Å². The van der Waals surface area contributed by atoms with Crippen molar-refractivity contribution in [3.05, 3.63) is 71.3 Å². The third-order valence-electron chi connectivity index (χ3n) is 4.95. The molecule has 27 heavy (non-hydrogen) atoms. The molecule has 0 aliphatic carbocycles. The number of nitrogens with one attached hydrogen (secondary N) is 1. The summed E-state index contributed by atoms with van der Waals surface area (Å²) >= 11 is 1.78. The van der Waals surface area contributed by atoms with Gasteiger partial charge in [-0.2, -0.15) is 0 Å². The number of thioether (sulfide) groups is 1. The standard InChI is InChI=1S/C21H21N3O2S/c1-13-18(15-7-6-10-22-11-15)20(19(14(2)23-13)21(25)26-3)24-12-27-17-9-5-4-8-16(17)24/h4-11,20,23H,12H2,1-3H3. The molecule has 1 atom stereocenters. The predicted octanol–water partition coefficient (Wildman–Crippen LogP) is 3.80. The third kappa shape index (κ3) is 3.00. The molecular weight excluding hydrogens is 358 g/mol. The number of allylic oxidation sites excluding steroid dienone is 2. The van der Waals surface area contributed by atoms with Crippen LogP contribution in [0, 0.1) is 0 Å². The highest BCUT2D eigenvalue weighted by atomic mass is 32.2. The van der Waals surface area contributed by atoms with Crippen LogP contribution in [-0.2, 0) is 9.53 Å². The number of esters is 1. The first-order chi connectivity index (χ1) is 13.1. The van der Waals surface area contributed by atoms with Crippen molar-refractivity contribution in [2.45, 2.75) is 24.8 Å². The van der Waals surface area contributed by atoms with Gasteiger partial charge in [0.05, 0.1) is 30.3 Å². The van der Waals surface area contributed by atoms with E-state index < -0.39 is 0 Å². The highest BCUT2D eigenvalue weighted by Gasteiger charge is 2.39. The van der Waals surface area contributed by atoms with E-state index >= 15 is 0 Å². The summed E-state index contributed by atoms with van der Waals surface area (Å²) < 4.78 is 5.15. The van der Waals surface area contributed by atoms with E-state index in [1.807, 2.05) is 44.3 Å². The van der Waals surface area contributed by atoms with Gasteiger partial charge in [0.15, 0.2) is 0 Å². The van der Waals surface area contributed by atoms with Gasteiger partial charge in [-0.15, -0.1) is 11.8 Å². The summed E-state index contributed by atoms with van der Waals surface area (Å²) in [5.74, 6) is 0.461. The molecule has 4 rings (SSSR count). The van der Waals surface area contributed by atoms with E-state index in [0.717, 1.165) is 34.1 Å². The molecule has 0 saturated heterocycles. The van der Waals surface area contributed by atoms with Crippen LogP contribution in [0.2, 0.25) is 0 Å². The molecule has 0 saturated carbocycles. The lowest BCUT2D eigenvalue weighted by Crippen LogP contribution is -2.43. The van der Waals surface area contributed by atoms with Gasteiger partial charge in [0.2, 0.25) is 0 Å². The van der Waals surface area contributed by atoms with Crippen molar-refractivity contribution < 1.29 is 9.53 Å². The van der Waals surface area contributed by atoms with Crippen LogP contribution in [0.4, 0.5) is 5.69 Å². The quantitative estimate of drug-likeness (QED) is 0.819. The monoisotopic (exact) mass is 379 g/mol. The molecule has 1 unspecified atom stereocenters. The Labute approximate surface area is 163 Å². The van der Waals surface area contributed by atoms with Gasteiger partial charge >= 0.3 is 5.97 Å². The number of fused-ring (bicyclic) bond motifs is 1. The number of hydrogen-bond donors (Lipinski definition) is 1. The molecule has 0 spiro atoms. The second kappa shape index (κ2) is 7.12. The van der Waals surface area contributed by atoms with Gasteiger partial charge in [0.1, 0.15) is 0 Å². The summed E-state index contributed by atoms with van der Waals surface area (Å²) in [6.07, 6.45) is 3.60. The summed E-state index contributed by atoms with van der Waals surface area (Å²) in [5.41, 5.74) is 5.66. The maximum atomic E-state index is 12.7. The average Bonchev–Trinajstić information content (AvgIpc) is 3.11. The van der Waals surface area contributed by atoms with E-state index in [2.05, 4.69) is 27.3 Å². The number of pyridine rings is 1. The molecule has 0 bridgehead atoms. The normalized spacial score (nSPS) is 19.1. The molecule has 0 radical (unpaired) electrons. The molecule has 2 aliphatic heterocycles. The number of dihydropyridines is 1. The fraction of sp³-hybridized carbons (Fsp3) is 0.238. The van der Waals surface area contributed by atoms with Gasteiger partial charge in [-0.05, 0) is 32.0 Å². The van der Waals surface area contributed by atoms with Gasteiger partial charge in [0, 0.05) is 39.8 Å². The highest BCUT2D eigenvalue weighted by molar-refractivity contribution is 7.99. The second-order valence-corrected chi connectivity index (χ2v) is 7.54. The minimum atomic E-state index is -0.312. The van der Waals surface area contributed by atoms with Gasteiger partial charge < -0.3 is 15.0 Å². The Balaban J connectivity index is 1.91. The number of methoxy groups -OCH3 is 1. The molecule has 2 aromatic rings. The number of rotatable bonds is 3. The maximum Gasteiger partial charge on any atom is 0.337 e. The number of carbonyl (C=O) groups excluding carboxylic acids is 1. The fourth-order valence-corrected chi connectivity index (χ4v) is 4.87. The average molecular weight is 379 g/mol. The Morgan fingerprint density at radius 3 is 2.78 bits per heavy atom. The Morgan fingerprint density at radius 1 is 1.22 bits per heavy atom. The molecule has 0 amide bonds. The van der Waals surface area contributed by atoms with Crippen LogP contribution >= 0.6 is 11.8 Å². The lowest BCUT2D eigenvalue weighted by molar-refractivity contribution is -0.136. The Kier molecular flexibility index (Phi) is 4.66. The molecule has 6 heteroatoms. The molecule has 5 nitrogen and oxygen atoms in total. The van der Waals surface area contributed by atoms with Crippen LogP contribution in [0.1, 0.15) is 19.4 Å². The first kappa shape index (κ1) is 17.7. The van der Waals surface area contributed by atoms with Gasteiger partial charge in [-0.1, -0.05) is 18.2 Å². The first-order valence-electron chi connectivity index (χ1n) is 8.77. The zero-order valence-electron chi connectivity index (χ0n) is 15.5. The topological polar surface area (TPSA) is 54.5 Å². The molecule has 1 aromatic heterocycles. The van der Waals surface area contributed by atoms with Gasteiger partial charge in [0.25, 0.3) is 0 Å². The minimum Gasteiger partial charge on any atom is -0.466 e. The van der Waals surface area contributed by atoms with E-state index in [9.17, 15) is 4.79 Å². The molecule has 3 heterocycles. The number of hydrogen-bond acceptors (Lipinski definition) is 6. The van der Waals surface area contributed by atoms with E-state index in [1.165, 1.54) is 12.0 Å². The van der Waals surface area contributed by atoms with Crippen LogP contribution in [0.25, 0.3) is 5.57 Å². The van der Waals surface area contributed by atoms with E-state index in [0.29, 0.717) is 5.57 Å². The van der Waals surface area contributed by atoms with E-state index in [-0.39, 0.29) is 12.0 Å². The number of nitrogens with zero attached hydrogens (tertiary/aromatic N) is 2. The summed E-state index contributed by atoms with van der Waals surface area (Å²) in [5, 5.41) is 3.37. The smallest absolute Gasteiger partial charge is 0.337 e. The zero-order chi connectivity index (χ0) is 19.0. The minimum absolute atomic E-state index is 0.237. The number of carbonyl (C=O) groups is 1. The lowest BCUT2D eigenvalue weighted by Gasteiger charge is -2.38. The number of para-hydroxylation sites is 1. The molecule has 1 N–H and O–H groups in total. The van der Waals surface area contributed by atoms with Crippen molar-refractivity contribution in [1.29, 1.82) is 0 Å². The van der Waals surface area contributed by atoms with Crippen molar-refractivity contribution >= 4 is 29.0 Å². The second-order valence-electron chi connectivity index (χ2n) is 6.55. The highest BCUT2D eigenvalue weighted by Crippen LogP contribution is 2.45. The van der Waals surface area contributed by atoms with E-state index in [1.54, 1.807) is 18.0 Å². The Bertz CT molecular complexity index is 953. The van der Waals surface area contributed by atoms with E-state index in [4.69, 9.17) is 4.74 Å². The largest absolute Gasteiger partial charge is 0.466 e. The summed E-state index contributed by atoms with van der Waals surface area (Å²) in [7, 11) is 1.43. The SMILES string of the molecule is COC(=O)C1=C(C)NC(C)=C(c2cccnc2)C1N1CSc2ccccc21. The fourth-order valence-electron chi connectivity index (χ4n) is 3.79. The number of aromatic nitrogens is 1. The van der Waals surface area contributed by atoms with Crippen LogP contribution in [0.15, 0.2) is 70.7 Å². The molecule has 0 fully saturated rings. The van der Waals surface area contributed by atoms with Crippen LogP contribution in [0.5, 0.6) is 0 Å². The van der Waals surface area contributed by atoms with Gasteiger partial charge in [-0.25, -0.2) is 4.79 Å². The van der Waals surface area contributed by atoms with Crippen molar-refractivity contribution in [3.8, 4) is 0 Å². The lowest BCUT2D eigenvalue weighted by atomic mass is 9.87. The van der Waals surface area contributed by atoms with Crippen LogP contribution in [-0.4, -0.2) is 30.0 Å². The summed E-state index contributed by atoms with van der Waals surface area (Å²) in [6.45, 7) is 3.97. The Hall–Kier alpha value is -2.73. The summed E-state index contributed by atoms with van der Waals surface area (Å²) in [6, 6.07) is 12.0. The third-order valence-corrected chi connectivity index (χ3v) is 6.02. The van der Waals surface area contributed by atoms with Crippen molar-refractivity contribution in [3.63, 3.8) is 0 Å². The molecule has 138 valence electrons.